The second-order valence-corrected chi connectivity index (χ2v) is 11.4. The molecule has 8 heteroatoms. The zero-order chi connectivity index (χ0) is 28.4. The highest BCUT2D eigenvalue weighted by Gasteiger charge is 2.21. The van der Waals surface area contributed by atoms with E-state index in [0.29, 0.717) is 16.1 Å². The number of benzene rings is 3. The van der Waals surface area contributed by atoms with E-state index in [9.17, 15) is 4.79 Å². The number of piperazine rings is 1. The Kier molecular flexibility index (Phi) is 10.1. The normalized spacial score (nSPS) is 14.0. The first-order valence-corrected chi connectivity index (χ1v) is 15.1. The molecule has 1 saturated heterocycles. The fraction of sp³-hybridized carbons (Fsp3) is 0.242. The van der Waals surface area contributed by atoms with Crippen molar-refractivity contribution in [1.82, 2.24) is 19.8 Å². The minimum atomic E-state index is 0.0907. The Morgan fingerprint density at radius 3 is 2.29 bits per heavy atom. The first kappa shape index (κ1) is 28.9. The maximum Gasteiger partial charge on any atom is 0.253 e. The maximum atomic E-state index is 13.1. The largest absolute Gasteiger partial charge is 0.355 e. The third-order valence-electron chi connectivity index (χ3n) is 7.02. The number of amides is 1. The van der Waals surface area contributed by atoms with Gasteiger partial charge in [0.15, 0.2) is 5.16 Å². The van der Waals surface area contributed by atoms with E-state index in [1.807, 2.05) is 72.6 Å². The van der Waals surface area contributed by atoms with E-state index >= 15 is 0 Å². The van der Waals surface area contributed by atoms with Gasteiger partial charge in [0.2, 0.25) is 0 Å². The topological polar surface area (TPSA) is 52.6 Å². The number of halogens is 1. The first-order chi connectivity index (χ1) is 20.0. The van der Waals surface area contributed by atoms with Crippen LogP contribution in [0.25, 0.3) is 6.08 Å². The SMILES string of the molecule is CN(Cc1ccccc1)c1cc(Cl)nc(SCc2ccc(C(=O)N3CCN(CC=Cc4ccccc4)CC3)cc2)n1. The summed E-state index contributed by atoms with van der Waals surface area (Å²) in [6, 6.07) is 30.2. The van der Waals surface area contributed by atoms with Crippen molar-refractivity contribution >= 4 is 41.2 Å². The van der Waals surface area contributed by atoms with Gasteiger partial charge in [-0.25, -0.2) is 9.97 Å². The average Bonchev–Trinajstić information content (AvgIpc) is 3.01. The summed E-state index contributed by atoms with van der Waals surface area (Å²) in [5.41, 5.74) is 4.23. The Labute approximate surface area is 251 Å². The number of rotatable bonds is 10. The van der Waals surface area contributed by atoms with E-state index in [-0.39, 0.29) is 5.91 Å². The van der Waals surface area contributed by atoms with Crippen molar-refractivity contribution in [3.05, 3.63) is 124 Å². The molecule has 1 fully saturated rings. The molecule has 0 bridgehead atoms. The van der Waals surface area contributed by atoms with Gasteiger partial charge < -0.3 is 9.80 Å². The Bertz CT molecular complexity index is 1440. The molecule has 1 aromatic heterocycles. The van der Waals surface area contributed by atoms with E-state index in [0.717, 1.165) is 56.2 Å². The van der Waals surface area contributed by atoms with Crippen molar-refractivity contribution < 1.29 is 4.79 Å². The van der Waals surface area contributed by atoms with Gasteiger partial charge in [0.25, 0.3) is 5.91 Å². The number of nitrogens with zero attached hydrogens (tertiary/aromatic N) is 5. The second kappa shape index (κ2) is 14.3. The number of hydrogen-bond acceptors (Lipinski definition) is 6. The van der Waals surface area contributed by atoms with E-state index < -0.39 is 0 Å². The van der Waals surface area contributed by atoms with Gasteiger partial charge in [-0.1, -0.05) is 108 Å². The summed E-state index contributed by atoms with van der Waals surface area (Å²) < 4.78 is 0. The highest BCUT2D eigenvalue weighted by molar-refractivity contribution is 7.98. The molecular weight excluding hydrogens is 550 g/mol. The van der Waals surface area contributed by atoms with Crippen LogP contribution in [-0.2, 0) is 12.3 Å². The lowest BCUT2D eigenvalue weighted by Crippen LogP contribution is -2.48. The van der Waals surface area contributed by atoms with E-state index in [1.54, 1.807) is 6.07 Å². The monoisotopic (exact) mass is 583 g/mol. The molecule has 4 aromatic rings. The van der Waals surface area contributed by atoms with Crippen LogP contribution in [0.3, 0.4) is 0 Å². The van der Waals surface area contributed by atoms with Gasteiger partial charge in [0, 0.05) is 63.7 Å². The zero-order valence-corrected chi connectivity index (χ0v) is 24.8. The Morgan fingerprint density at radius 1 is 0.902 bits per heavy atom. The number of carbonyl (C=O) groups excluding carboxylic acids is 1. The van der Waals surface area contributed by atoms with E-state index in [4.69, 9.17) is 16.6 Å². The van der Waals surface area contributed by atoms with Crippen LogP contribution in [0, 0.1) is 0 Å². The lowest BCUT2D eigenvalue weighted by molar-refractivity contribution is 0.0650. The minimum absolute atomic E-state index is 0.0907. The predicted octanol–water partition coefficient (Wildman–Crippen LogP) is 6.53. The molecule has 5 rings (SSSR count). The van der Waals surface area contributed by atoms with Crippen LogP contribution in [0.1, 0.15) is 27.0 Å². The fourth-order valence-corrected chi connectivity index (χ4v) is 5.73. The fourth-order valence-electron chi connectivity index (χ4n) is 4.69. The molecule has 0 radical (unpaired) electrons. The van der Waals surface area contributed by atoms with Crippen LogP contribution in [0.4, 0.5) is 5.82 Å². The van der Waals surface area contributed by atoms with Crippen LogP contribution in [-0.4, -0.2) is 65.4 Å². The summed E-state index contributed by atoms with van der Waals surface area (Å²) in [6.07, 6.45) is 4.35. The van der Waals surface area contributed by atoms with Crippen LogP contribution in [0.15, 0.2) is 102 Å². The number of carbonyl (C=O) groups is 1. The lowest BCUT2D eigenvalue weighted by Gasteiger charge is -2.34. The highest BCUT2D eigenvalue weighted by atomic mass is 35.5. The summed E-state index contributed by atoms with van der Waals surface area (Å²) in [4.78, 5) is 28.6. The summed E-state index contributed by atoms with van der Waals surface area (Å²) in [5, 5.41) is 1.05. The molecule has 0 aliphatic carbocycles. The van der Waals surface area contributed by atoms with Crippen LogP contribution < -0.4 is 4.90 Å². The molecular formula is C33H34ClN5OS. The second-order valence-electron chi connectivity index (χ2n) is 10.1. The lowest BCUT2D eigenvalue weighted by atomic mass is 10.1. The first-order valence-electron chi connectivity index (χ1n) is 13.8. The zero-order valence-electron chi connectivity index (χ0n) is 23.2. The van der Waals surface area contributed by atoms with Gasteiger partial charge in [0.1, 0.15) is 11.0 Å². The van der Waals surface area contributed by atoms with Crippen LogP contribution in [0.2, 0.25) is 5.15 Å². The third kappa shape index (κ3) is 8.43. The molecule has 1 aliphatic heterocycles. The number of thioether (sulfide) groups is 1. The molecule has 0 atom stereocenters. The summed E-state index contributed by atoms with van der Waals surface area (Å²) in [6.45, 7) is 4.85. The van der Waals surface area contributed by atoms with Gasteiger partial charge in [0.05, 0.1) is 0 Å². The van der Waals surface area contributed by atoms with Gasteiger partial charge >= 0.3 is 0 Å². The van der Waals surface area contributed by atoms with Gasteiger partial charge in [-0.3, -0.25) is 9.69 Å². The van der Waals surface area contributed by atoms with Crippen molar-refractivity contribution in [2.24, 2.45) is 0 Å². The van der Waals surface area contributed by atoms with Crippen LogP contribution in [0.5, 0.6) is 0 Å². The molecule has 1 aliphatic rings. The van der Waals surface area contributed by atoms with E-state index in [1.165, 1.54) is 22.9 Å². The van der Waals surface area contributed by atoms with Crippen LogP contribution >= 0.6 is 23.4 Å². The molecule has 6 nitrogen and oxygen atoms in total. The number of anilines is 1. The van der Waals surface area contributed by atoms with Crippen molar-refractivity contribution in [1.29, 1.82) is 0 Å². The molecule has 41 heavy (non-hydrogen) atoms. The average molecular weight is 584 g/mol. The highest BCUT2D eigenvalue weighted by Crippen LogP contribution is 2.25. The van der Waals surface area contributed by atoms with Crippen molar-refractivity contribution in [3.63, 3.8) is 0 Å². The molecule has 2 heterocycles. The molecule has 0 spiro atoms. The Hall–Kier alpha value is -3.65. The van der Waals surface area contributed by atoms with Crippen molar-refractivity contribution in [2.75, 3.05) is 44.7 Å². The molecule has 1 amide bonds. The Balaban J connectivity index is 1.10. The smallest absolute Gasteiger partial charge is 0.253 e. The third-order valence-corrected chi connectivity index (χ3v) is 8.13. The standard InChI is InChI=1S/C33H34ClN5OS/c1-37(24-27-11-6-3-7-12-27)31-23-30(34)35-33(36-31)41-25-28-14-16-29(17-15-28)32(40)39-21-19-38(20-22-39)18-8-13-26-9-4-2-5-10-26/h2-17,23H,18-22,24-25H2,1H3. The maximum absolute atomic E-state index is 13.1. The van der Waals surface area contributed by atoms with Crippen molar-refractivity contribution in [2.45, 2.75) is 17.5 Å². The summed E-state index contributed by atoms with van der Waals surface area (Å²) >= 11 is 7.86. The predicted molar refractivity (Wildman–Crippen MR) is 169 cm³/mol. The number of hydrogen-bond donors (Lipinski definition) is 0. The molecule has 0 N–H and O–H groups in total. The molecule has 0 saturated carbocycles. The van der Waals surface area contributed by atoms with Gasteiger partial charge in [-0.15, -0.1) is 0 Å². The minimum Gasteiger partial charge on any atom is -0.355 e. The van der Waals surface area contributed by atoms with Gasteiger partial charge in [-0.2, -0.15) is 0 Å². The van der Waals surface area contributed by atoms with Crippen molar-refractivity contribution in [3.8, 4) is 0 Å². The van der Waals surface area contributed by atoms with Gasteiger partial charge in [-0.05, 0) is 28.8 Å². The summed E-state index contributed by atoms with van der Waals surface area (Å²) in [7, 11) is 2.00. The molecule has 3 aromatic carbocycles. The molecule has 210 valence electrons. The van der Waals surface area contributed by atoms with E-state index in [2.05, 4.69) is 51.2 Å². The summed E-state index contributed by atoms with van der Waals surface area (Å²) in [5.74, 6) is 1.56. The quantitative estimate of drug-likeness (QED) is 0.120. The molecule has 0 unspecified atom stereocenters. The Morgan fingerprint density at radius 2 is 1.59 bits per heavy atom. The number of aromatic nitrogens is 2.